The highest BCUT2D eigenvalue weighted by atomic mass is 32.1. The molecule has 1 atom stereocenters. The number of nitrogens with two attached hydrogens (primary N) is 1. The van der Waals surface area contributed by atoms with Crippen molar-refractivity contribution in [3.05, 3.63) is 11.5 Å². The Morgan fingerprint density at radius 1 is 1.47 bits per heavy atom. The Morgan fingerprint density at radius 3 is 2.82 bits per heavy atom. The van der Waals surface area contributed by atoms with Crippen molar-refractivity contribution in [3.63, 3.8) is 0 Å². The Kier molecular flexibility index (Phi) is 3.39. The minimum Gasteiger partial charge on any atom is -0.381 e. The Bertz CT molecular complexity index is 508. The van der Waals surface area contributed by atoms with Crippen molar-refractivity contribution in [1.82, 2.24) is 15.1 Å². The van der Waals surface area contributed by atoms with Crippen LogP contribution in [0.5, 0.6) is 0 Å². The highest BCUT2D eigenvalue weighted by Crippen LogP contribution is 2.29. The molecule has 2 rings (SSSR count). The smallest absolute Gasteiger partial charge is 0.269 e. The summed E-state index contributed by atoms with van der Waals surface area (Å²) in [5.41, 5.74) is 6.43. The minimum atomic E-state index is 0.0630. The van der Waals surface area contributed by atoms with Crippen LogP contribution in [0, 0.1) is 6.92 Å². The molecule has 17 heavy (non-hydrogen) atoms. The Morgan fingerprint density at radius 2 is 2.24 bits per heavy atom. The highest BCUT2D eigenvalue weighted by Gasteiger charge is 2.16. The normalized spacial score (nSPS) is 12.9. The summed E-state index contributed by atoms with van der Waals surface area (Å²) < 4.78 is 10.3. The Hall–Kier alpha value is -1.47. The second-order valence-corrected chi connectivity index (χ2v) is 4.76. The summed E-state index contributed by atoms with van der Waals surface area (Å²) in [6, 6.07) is 0. The number of aromatic nitrogens is 3. The molecule has 7 heteroatoms. The molecule has 0 saturated carbocycles. The summed E-state index contributed by atoms with van der Waals surface area (Å²) in [5, 5.41) is 4.41. The zero-order valence-electron chi connectivity index (χ0n) is 9.93. The third-order valence-electron chi connectivity index (χ3n) is 2.35. The van der Waals surface area contributed by atoms with Gasteiger partial charge < -0.3 is 15.0 Å². The number of methoxy groups -OCH3 is 1. The third-order valence-corrected chi connectivity index (χ3v) is 3.32. The van der Waals surface area contributed by atoms with E-state index >= 15 is 0 Å². The van der Waals surface area contributed by atoms with Crippen molar-refractivity contribution in [1.29, 1.82) is 0 Å². The molecule has 0 amide bonds. The van der Waals surface area contributed by atoms with Crippen LogP contribution in [0.2, 0.25) is 0 Å². The zero-order chi connectivity index (χ0) is 12.4. The third kappa shape index (κ3) is 2.62. The van der Waals surface area contributed by atoms with E-state index in [0.717, 1.165) is 10.6 Å². The van der Waals surface area contributed by atoms with Gasteiger partial charge in [-0.25, -0.2) is 4.98 Å². The lowest BCUT2D eigenvalue weighted by atomic mass is 10.3. The van der Waals surface area contributed by atoms with Crippen LogP contribution < -0.4 is 5.73 Å². The van der Waals surface area contributed by atoms with Gasteiger partial charge in [-0.3, -0.25) is 0 Å². The predicted octanol–water partition coefficient (Wildman–Crippen LogP) is 1.66. The van der Waals surface area contributed by atoms with Crippen molar-refractivity contribution in [2.45, 2.75) is 26.4 Å². The molecule has 2 N–H and O–H groups in total. The van der Waals surface area contributed by atoms with Gasteiger partial charge in [-0.1, -0.05) is 16.5 Å². The largest absolute Gasteiger partial charge is 0.381 e. The fourth-order valence-corrected chi connectivity index (χ4v) is 2.14. The van der Waals surface area contributed by atoms with E-state index in [1.54, 1.807) is 7.11 Å². The number of hydrogen-bond donors (Lipinski definition) is 1. The van der Waals surface area contributed by atoms with E-state index in [1.807, 2.05) is 13.8 Å². The van der Waals surface area contributed by atoms with Crippen LogP contribution in [0.25, 0.3) is 10.8 Å². The van der Waals surface area contributed by atoms with Crippen LogP contribution >= 0.6 is 11.3 Å². The minimum absolute atomic E-state index is 0.0630. The van der Waals surface area contributed by atoms with E-state index < -0.39 is 0 Å². The topological polar surface area (TPSA) is 87.1 Å². The van der Waals surface area contributed by atoms with E-state index in [4.69, 9.17) is 15.0 Å². The quantitative estimate of drug-likeness (QED) is 0.892. The summed E-state index contributed by atoms with van der Waals surface area (Å²) in [5.74, 6) is 1.09. The van der Waals surface area contributed by atoms with Gasteiger partial charge in [-0.2, -0.15) is 4.98 Å². The van der Waals surface area contributed by atoms with Gasteiger partial charge in [0, 0.05) is 13.5 Å². The summed E-state index contributed by atoms with van der Waals surface area (Å²) in [6.45, 7) is 3.82. The van der Waals surface area contributed by atoms with Crippen LogP contribution in [-0.4, -0.2) is 28.3 Å². The van der Waals surface area contributed by atoms with Crippen LogP contribution in [-0.2, 0) is 11.2 Å². The van der Waals surface area contributed by atoms with Crippen molar-refractivity contribution < 1.29 is 9.26 Å². The first-order valence-electron chi connectivity index (χ1n) is 5.18. The molecule has 92 valence electrons. The molecule has 0 radical (unpaired) electrons. The first-order valence-corrected chi connectivity index (χ1v) is 6.00. The summed E-state index contributed by atoms with van der Waals surface area (Å²) in [6.07, 6.45) is 0.681. The van der Waals surface area contributed by atoms with Crippen LogP contribution in [0.1, 0.15) is 18.4 Å². The van der Waals surface area contributed by atoms with Gasteiger partial charge >= 0.3 is 0 Å². The summed E-state index contributed by atoms with van der Waals surface area (Å²) >= 11 is 1.34. The number of hydrogen-bond acceptors (Lipinski definition) is 7. The molecule has 0 bridgehead atoms. The summed E-state index contributed by atoms with van der Waals surface area (Å²) in [7, 11) is 1.65. The molecule has 2 aromatic rings. The lowest BCUT2D eigenvalue weighted by Crippen LogP contribution is -2.09. The molecule has 0 aromatic carbocycles. The number of aryl methyl sites for hydroxylation is 1. The maximum atomic E-state index is 5.62. The number of nitrogens with zero attached hydrogens (tertiary/aromatic N) is 3. The first-order chi connectivity index (χ1) is 8.10. The lowest BCUT2D eigenvalue weighted by Gasteiger charge is -2.03. The molecule has 2 heterocycles. The fourth-order valence-electron chi connectivity index (χ4n) is 1.39. The SMILES string of the molecule is COC(C)Cc1noc(-c2sc(N)nc2C)n1. The van der Waals surface area contributed by atoms with Crippen LogP contribution in [0.4, 0.5) is 5.13 Å². The second-order valence-electron chi connectivity index (χ2n) is 3.73. The number of nitrogen functional groups attached to an aromatic ring is 1. The van der Waals surface area contributed by atoms with Crippen molar-refractivity contribution in [2.75, 3.05) is 12.8 Å². The predicted molar refractivity (Wildman–Crippen MR) is 64.7 cm³/mol. The molecule has 0 fully saturated rings. The van der Waals surface area contributed by atoms with Crippen molar-refractivity contribution >= 4 is 16.5 Å². The van der Waals surface area contributed by atoms with Gasteiger partial charge in [0.25, 0.3) is 5.89 Å². The molecule has 0 spiro atoms. The maximum absolute atomic E-state index is 5.62. The molecular weight excluding hydrogens is 240 g/mol. The second kappa shape index (κ2) is 4.80. The number of rotatable bonds is 4. The Balaban J connectivity index is 2.21. The average Bonchev–Trinajstić information content (AvgIpc) is 2.85. The Labute approximate surface area is 103 Å². The molecule has 6 nitrogen and oxygen atoms in total. The standard InChI is InChI=1S/C10H14N4O2S/c1-5(15-3)4-7-13-9(16-14-7)8-6(2)12-10(11)17-8/h5H,4H2,1-3H3,(H2,11,12). The molecule has 0 aliphatic rings. The van der Waals surface area contributed by atoms with Crippen LogP contribution in [0.3, 0.4) is 0 Å². The fraction of sp³-hybridized carbons (Fsp3) is 0.500. The average molecular weight is 254 g/mol. The van der Waals surface area contributed by atoms with E-state index in [-0.39, 0.29) is 6.10 Å². The lowest BCUT2D eigenvalue weighted by molar-refractivity contribution is 0.116. The first kappa shape index (κ1) is 12.0. The van der Waals surface area contributed by atoms with Gasteiger partial charge in [0.1, 0.15) is 4.88 Å². The number of thiazole rings is 1. The van der Waals surface area contributed by atoms with Gasteiger partial charge in [0.05, 0.1) is 11.8 Å². The van der Waals surface area contributed by atoms with Gasteiger partial charge in [0.15, 0.2) is 11.0 Å². The molecule has 0 aliphatic heterocycles. The molecule has 0 saturated heterocycles. The van der Waals surface area contributed by atoms with Gasteiger partial charge in [0.2, 0.25) is 0 Å². The van der Waals surface area contributed by atoms with E-state index in [2.05, 4.69) is 15.1 Å². The van der Waals surface area contributed by atoms with Crippen molar-refractivity contribution in [3.8, 4) is 10.8 Å². The highest BCUT2D eigenvalue weighted by molar-refractivity contribution is 7.18. The van der Waals surface area contributed by atoms with E-state index in [0.29, 0.717) is 23.3 Å². The molecule has 1 unspecified atom stereocenters. The maximum Gasteiger partial charge on any atom is 0.269 e. The molecule has 2 aromatic heterocycles. The van der Waals surface area contributed by atoms with Crippen molar-refractivity contribution in [2.24, 2.45) is 0 Å². The van der Waals surface area contributed by atoms with E-state index in [9.17, 15) is 0 Å². The molecular formula is C10H14N4O2S. The number of ether oxygens (including phenoxy) is 1. The van der Waals surface area contributed by atoms with Gasteiger partial charge in [-0.15, -0.1) is 0 Å². The summed E-state index contributed by atoms with van der Waals surface area (Å²) in [4.78, 5) is 9.24. The van der Waals surface area contributed by atoms with Crippen LogP contribution in [0.15, 0.2) is 4.52 Å². The van der Waals surface area contributed by atoms with Gasteiger partial charge in [-0.05, 0) is 13.8 Å². The van der Waals surface area contributed by atoms with E-state index in [1.165, 1.54) is 11.3 Å². The molecule has 0 aliphatic carbocycles. The number of anilines is 1. The zero-order valence-corrected chi connectivity index (χ0v) is 10.7. The monoisotopic (exact) mass is 254 g/mol.